The summed E-state index contributed by atoms with van der Waals surface area (Å²) in [4.78, 5) is 0. The first-order chi connectivity index (χ1) is 3.48. The molecule has 0 nitrogen and oxygen atoms in total. The van der Waals surface area contributed by atoms with Crippen molar-refractivity contribution >= 4 is 23.2 Å². The van der Waals surface area contributed by atoms with Gasteiger partial charge >= 0.3 is 5.38 Å². The van der Waals surface area contributed by atoms with Crippen molar-refractivity contribution in [2.24, 2.45) is 0 Å². The van der Waals surface area contributed by atoms with Crippen LogP contribution in [0.3, 0.4) is 0 Å². The predicted octanol–water partition coefficient (Wildman–Crippen LogP) is 2.87. The van der Waals surface area contributed by atoms with Crippen LogP contribution in [0, 0.1) is 0 Å². The molecule has 0 aromatic carbocycles. The fourth-order valence-electron chi connectivity index (χ4n) is 0.0619. The van der Waals surface area contributed by atoms with Gasteiger partial charge in [-0.05, 0) is 11.6 Å². The van der Waals surface area contributed by atoms with E-state index in [1.165, 1.54) is 0 Å². The van der Waals surface area contributed by atoms with E-state index >= 15 is 0 Å². The molecule has 0 aromatic rings. The molecular weight excluding hydrogens is 164 g/mol. The molecule has 5 heteroatoms. The van der Waals surface area contributed by atoms with E-state index in [1.54, 1.807) is 0 Å². The standard InChI is InChI=1S/C3HCl2F3/c4-2(1-6)3(5,7)8/h1H/b2-1-. The Hall–Kier alpha value is 0.110. The van der Waals surface area contributed by atoms with Gasteiger partial charge in [-0.2, -0.15) is 8.78 Å². The molecule has 48 valence electrons. The number of hydrogen-bond donors (Lipinski definition) is 0. The van der Waals surface area contributed by atoms with Crippen LogP contribution in [0.2, 0.25) is 0 Å². The normalized spacial score (nSPS) is 14.4. The van der Waals surface area contributed by atoms with Crippen LogP contribution < -0.4 is 0 Å². The lowest BCUT2D eigenvalue weighted by molar-refractivity contribution is 0.146. The first-order valence-electron chi connectivity index (χ1n) is 1.51. The maximum absolute atomic E-state index is 11.4. The molecule has 0 saturated carbocycles. The molecule has 0 unspecified atom stereocenters. The second-order valence-corrected chi connectivity index (χ2v) is 1.84. The third kappa shape index (κ3) is 2.43. The van der Waals surface area contributed by atoms with E-state index < -0.39 is 16.7 Å². The highest BCUT2D eigenvalue weighted by molar-refractivity contribution is 6.37. The highest BCUT2D eigenvalue weighted by Crippen LogP contribution is 2.30. The molecule has 0 atom stereocenters. The molecule has 0 bridgehead atoms. The lowest BCUT2D eigenvalue weighted by Crippen LogP contribution is -2.03. The number of alkyl halides is 3. The van der Waals surface area contributed by atoms with E-state index in [4.69, 9.17) is 0 Å². The van der Waals surface area contributed by atoms with Gasteiger partial charge in [-0.25, -0.2) is 4.39 Å². The summed E-state index contributed by atoms with van der Waals surface area (Å²) >= 11 is 8.76. The molecule has 0 aliphatic carbocycles. The molecule has 8 heavy (non-hydrogen) atoms. The predicted molar refractivity (Wildman–Crippen MR) is 25.8 cm³/mol. The fraction of sp³-hybridized carbons (Fsp3) is 0.333. The third-order valence-corrected chi connectivity index (χ3v) is 0.987. The van der Waals surface area contributed by atoms with E-state index in [-0.39, 0.29) is 0 Å². The molecular formula is C3HCl2F3. The van der Waals surface area contributed by atoms with Gasteiger partial charge in [-0.1, -0.05) is 11.6 Å². The van der Waals surface area contributed by atoms with Crippen molar-refractivity contribution in [2.75, 3.05) is 0 Å². The van der Waals surface area contributed by atoms with Gasteiger partial charge < -0.3 is 0 Å². The summed E-state index contributed by atoms with van der Waals surface area (Å²) in [7, 11) is 0. The summed E-state index contributed by atoms with van der Waals surface area (Å²) in [6.07, 6.45) is -0.450. The largest absolute Gasteiger partial charge is 0.360 e. The Kier molecular flexibility index (Phi) is 2.63. The lowest BCUT2D eigenvalue weighted by atomic mass is 10.6. The van der Waals surface area contributed by atoms with E-state index in [1.807, 2.05) is 0 Å². The highest BCUT2D eigenvalue weighted by atomic mass is 35.5. The zero-order valence-corrected chi connectivity index (χ0v) is 4.98. The minimum Gasteiger partial charge on any atom is -0.214 e. The zero-order chi connectivity index (χ0) is 6.78. The molecule has 0 spiro atoms. The van der Waals surface area contributed by atoms with E-state index in [2.05, 4.69) is 23.2 Å². The van der Waals surface area contributed by atoms with Crippen LogP contribution in [0.5, 0.6) is 0 Å². The average Bonchev–Trinajstić information content (AvgIpc) is 1.62. The molecule has 0 N–H and O–H groups in total. The fourth-order valence-corrected chi connectivity index (χ4v) is 0.103. The molecule has 0 aliphatic heterocycles. The van der Waals surface area contributed by atoms with Gasteiger partial charge in [-0.3, -0.25) is 0 Å². The van der Waals surface area contributed by atoms with Crippen LogP contribution in [-0.2, 0) is 0 Å². The Morgan fingerprint density at radius 3 is 1.88 bits per heavy atom. The monoisotopic (exact) mass is 164 g/mol. The Bertz CT molecular complexity index is 104. The van der Waals surface area contributed by atoms with Gasteiger partial charge in [0.15, 0.2) is 0 Å². The van der Waals surface area contributed by atoms with Crippen LogP contribution >= 0.6 is 23.2 Å². The highest BCUT2D eigenvalue weighted by Gasteiger charge is 2.29. The molecule has 0 rings (SSSR count). The summed E-state index contributed by atoms with van der Waals surface area (Å²) < 4.78 is 33.9. The second-order valence-electron chi connectivity index (χ2n) is 0.955. The Morgan fingerprint density at radius 2 is 1.88 bits per heavy atom. The lowest BCUT2D eigenvalue weighted by Gasteiger charge is -2.01. The van der Waals surface area contributed by atoms with Crippen molar-refractivity contribution < 1.29 is 13.2 Å². The topological polar surface area (TPSA) is 0 Å². The van der Waals surface area contributed by atoms with Crippen LogP contribution in [0.15, 0.2) is 11.4 Å². The van der Waals surface area contributed by atoms with Crippen LogP contribution in [0.25, 0.3) is 0 Å². The van der Waals surface area contributed by atoms with Gasteiger partial charge in [0.05, 0.1) is 0 Å². The first-order valence-corrected chi connectivity index (χ1v) is 2.27. The molecule has 0 amide bonds. The first kappa shape index (κ1) is 8.11. The van der Waals surface area contributed by atoms with Crippen LogP contribution in [-0.4, -0.2) is 5.38 Å². The minimum atomic E-state index is -3.77. The number of hydrogen-bond acceptors (Lipinski definition) is 0. The SMILES string of the molecule is F/C=C(\Cl)C(F)(F)Cl. The maximum atomic E-state index is 11.4. The molecule has 0 heterocycles. The van der Waals surface area contributed by atoms with Crippen LogP contribution in [0.1, 0.15) is 0 Å². The second kappa shape index (κ2) is 2.60. The van der Waals surface area contributed by atoms with Crippen molar-refractivity contribution in [3.8, 4) is 0 Å². The summed E-state index contributed by atoms with van der Waals surface area (Å²) in [6.45, 7) is 0. The van der Waals surface area contributed by atoms with Crippen molar-refractivity contribution in [1.82, 2.24) is 0 Å². The number of allylic oxidation sites excluding steroid dienone is 1. The summed E-state index contributed by atoms with van der Waals surface area (Å²) in [6, 6.07) is 0. The average molecular weight is 165 g/mol. The molecule has 0 aromatic heterocycles. The maximum Gasteiger partial charge on any atom is 0.360 e. The molecule has 0 radical (unpaired) electrons. The summed E-state index contributed by atoms with van der Waals surface area (Å²) in [5, 5.41) is -5.07. The summed E-state index contributed by atoms with van der Waals surface area (Å²) in [5.41, 5.74) is 0. The van der Waals surface area contributed by atoms with E-state index in [0.29, 0.717) is 0 Å². The van der Waals surface area contributed by atoms with E-state index in [0.717, 1.165) is 0 Å². The quantitative estimate of drug-likeness (QED) is 0.524. The number of halogens is 5. The Labute approximate surface area is 53.9 Å². The minimum absolute atomic E-state index is 0.450. The van der Waals surface area contributed by atoms with Gasteiger partial charge in [0.1, 0.15) is 11.4 Å². The van der Waals surface area contributed by atoms with Crippen molar-refractivity contribution in [2.45, 2.75) is 5.38 Å². The third-order valence-electron chi connectivity index (χ3n) is 0.367. The van der Waals surface area contributed by atoms with Gasteiger partial charge in [0.25, 0.3) is 0 Å². The van der Waals surface area contributed by atoms with Gasteiger partial charge in [0.2, 0.25) is 0 Å². The Morgan fingerprint density at radius 1 is 1.50 bits per heavy atom. The molecule has 0 saturated heterocycles. The van der Waals surface area contributed by atoms with Gasteiger partial charge in [-0.15, -0.1) is 0 Å². The van der Waals surface area contributed by atoms with Crippen molar-refractivity contribution in [1.29, 1.82) is 0 Å². The molecule has 0 fully saturated rings. The summed E-state index contributed by atoms with van der Waals surface area (Å²) in [5.74, 6) is 0. The molecule has 0 aliphatic rings. The van der Waals surface area contributed by atoms with Crippen LogP contribution in [0.4, 0.5) is 13.2 Å². The van der Waals surface area contributed by atoms with Gasteiger partial charge in [0, 0.05) is 0 Å². The Balaban J connectivity index is 4.03. The smallest absolute Gasteiger partial charge is 0.214 e. The van der Waals surface area contributed by atoms with E-state index in [9.17, 15) is 13.2 Å². The number of rotatable bonds is 1. The van der Waals surface area contributed by atoms with Crippen molar-refractivity contribution in [3.63, 3.8) is 0 Å². The van der Waals surface area contributed by atoms with Crippen molar-refractivity contribution in [3.05, 3.63) is 11.4 Å². The zero-order valence-electron chi connectivity index (χ0n) is 3.47.